The maximum absolute atomic E-state index is 12.5. The molecule has 0 aliphatic heterocycles. The van der Waals surface area contributed by atoms with Crippen LogP contribution in [0.4, 0.5) is 0 Å². The summed E-state index contributed by atoms with van der Waals surface area (Å²) < 4.78 is 0. The lowest BCUT2D eigenvalue weighted by Crippen LogP contribution is -2.54. The fourth-order valence-electron chi connectivity index (χ4n) is 2.47. The van der Waals surface area contributed by atoms with Crippen LogP contribution in [0, 0.1) is 5.92 Å². The van der Waals surface area contributed by atoms with Crippen LogP contribution >= 0.6 is 0 Å². The van der Waals surface area contributed by atoms with Crippen molar-refractivity contribution in [2.75, 3.05) is 7.05 Å². The van der Waals surface area contributed by atoms with Crippen LogP contribution in [0.3, 0.4) is 0 Å². The topological polar surface area (TPSA) is 108 Å². The van der Waals surface area contributed by atoms with Crippen LogP contribution in [0.15, 0.2) is 24.3 Å². The summed E-state index contributed by atoms with van der Waals surface area (Å²) in [5.41, 5.74) is 0.798. The maximum atomic E-state index is 12.5. The molecule has 0 aromatic heterocycles. The Bertz CT molecular complexity index is 599. The van der Waals surface area contributed by atoms with E-state index in [-0.39, 0.29) is 29.9 Å². The minimum Gasteiger partial charge on any atom is -0.508 e. The number of phenolic OH excluding ortho intramolecular Hbond substituents is 1. The fourth-order valence-corrected chi connectivity index (χ4v) is 2.47. The third-order valence-electron chi connectivity index (χ3n) is 3.66. The molecule has 3 amide bonds. The van der Waals surface area contributed by atoms with Gasteiger partial charge in [0.15, 0.2) is 0 Å². The molecule has 0 aliphatic rings. The van der Waals surface area contributed by atoms with Crippen molar-refractivity contribution in [3.8, 4) is 5.75 Å². The molecule has 0 saturated heterocycles. The van der Waals surface area contributed by atoms with E-state index in [1.165, 1.54) is 26.1 Å². The minimum atomic E-state index is -0.773. The van der Waals surface area contributed by atoms with Crippen molar-refractivity contribution in [1.29, 1.82) is 0 Å². The summed E-state index contributed by atoms with van der Waals surface area (Å²) in [5, 5.41) is 17.2. The Morgan fingerprint density at radius 1 is 1.00 bits per heavy atom. The zero-order chi connectivity index (χ0) is 19.0. The number of nitrogens with one attached hydrogen (secondary N) is 3. The standard InChI is InChI=1S/C18H27N3O4/c1-11(2)9-15(20-12(3)22)18(25)21-16(17(24)19-4)10-13-5-7-14(23)8-6-13/h5-8,11,15-16,23H,9-10H2,1-4H3,(H,19,24)(H,20,22)(H,21,25)/t15-,16-/m0/s1. The summed E-state index contributed by atoms with van der Waals surface area (Å²) in [6, 6.07) is 4.97. The van der Waals surface area contributed by atoms with Crippen LogP contribution in [0.2, 0.25) is 0 Å². The summed E-state index contributed by atoms with van der Waals surface area (Å²) in [5.74, 6) is -0.676. The average Bonchev–Trinajstić information content (AvgIpc) is 2.53. The third-order valence-corrected chi connectivity index (χ3v) is 3.66. The molecule has 4 N–H and O–H groups in total. The lowest BCUT2D eigenvalue weighted by molar-refractivity contribution is -0.131. The largest absolute Gasteiger partial charge is 0.508 e. The number of hydrogen-bond acceptors (Lipinski definition) is 4. The molecule has 0 bridgehead atoms. The molecule has 7 nitrogen and oxygen atoms in total. The Morgan fingerprint density at radius 3 is 2.08 bits per heavy atom. The van der Waals surface area contributed by atoms with Gasteiger partial charge in [-0.1, -0.05) is 26.0 Å². The Kier molecular flexibility index (Phi) is 7.91. The molecule has 1 aromatic carbocycles. The zero-order valence-corrected chi connectivity index (χ0v) is 15.1. The highest BCUT2D eigenvalue weighted by Crippen LogP contribution is 2.12. The van der Waals surface area contributed by atoms with Crippen molar-refractivity contribution in [3.63, 3.8) is 0 Å². The molecule has 0 aliphatic carbocycles. The van der Waals surface area contributed by atoms with Crippen LogP contribution < -0.4 is 16.0 Å². The summed E-state index contributed by atoms with van der Waals surface area (Å²) >= 11 is 0. The first kappa shape index (κ1) is 20.5. The highest BCUT2D eigenvalue weighted by atomic mass is 16.3. The molecule has 0 saturated carbocycles. The van der Waals surface area contributed by atoms with E-state index < -0.39 is 18.0 Å². The van der Waals surface area contributed by atoms with Gasteiger partial charge in [0, 0.05) is 20.4 Å². The van der Waals surface area contributed by atoms with E-state index in [9.17, 15) is 19.5 Å². The fraction of sp³-hybridized carbons (Fsp3) is 0.500. The smallest absolute Gasteiger partial charge is 0.243 e. The first-order valence-electron chi connectivity index (χ1n) is 8.30. The summed E-state index contributed by atoms with van der Waals surface area (Å²) in [4.78, 5) is 36.0. The van der Waals surface area contributed by atoms with Crippen molar-refractivity contribution < 1.29 is 19.5 Å². The Balaban J connectivity index is 2.87. The van der Waals surface area contributed by atoms with E-state index in [2.05, 4.69) is 16.0 Å². The zero-order valence-electron chi connectivity index (χ0n) is 15.1. The van der Waals surface area contributed by atoms with Crippen molar-refractivity contribution in [3.05, 3.63) is 29.8 Å². The molecule has 7 heteroatoms. The van der Waals surface area contributed by atoms with Crippen LogP contribution in [-0.2, 0) is 20.8 Å². The van der Waals surface area contributed by atoms with E-state index in [1.54, 1.807) is 12.1 Å². The SMILES string of the molecule is CNC(=O)[C@H](Cc1ccc(O)cc1)NC(=O)[C@H](CC(C)C)NC(C)=O. The lowest BCUT2D eigenvalue weighted by Gasteiger charge is -2.23. The first-order chi connectivity index (χ1) is 11.7. The lowest BCUT2D eigenvalue weighted by atomic mass is 10.0. The van der Waals surface area contributed by atoms with Crippen LogP contribution in [0.25, 0.3) is 0 Å². The van der Waals surface area contributed by atoms with E-state index >= 15 is 0 Å². The van der Waals surface area contributed by atoms with E-state index in [0.717, 1.165) is 5.56 Å². The Labute approximate surface area is 148 Å². The van der Waals surface area contributed by atoms with Gasteiger partial charge in [0.2, 0.25) is 17.7 Å². The van der Waals surface area contributed by atoms with Gasteiger partial charge in [-0.3, -0.25) is 14.4 Å². The molecule has 0 unspecified atom stereocenters. The number of hydrogen-bond donors (Lipinski definition) is 4. The van der Waals surface area contributed by atoms with Gasteiger partial charge in [-0.25, -0.2) is 0 Å². The van der Waals surface area contributed by atoms with Gasteiger partial charge in [0.25, 0.3) is 0 Å². The van der Waals surface area contributed by atoms with Gasteiger partial charge < -0.3 is 21.1 Å². The van der Waals surface area contributed by atoms with Crippen molar-refractivity contribution >= 4 is 17.7 Å². The summed E-state index contributed by atoms with van der Waals surface area (Å²) in [6.07, 6.45) is 0.755. The molecule has 2 atom stereocenters. The molecule has 0 heterocycles. The predicted molar refractivity (Wildman–Crippen MR) is 94.9 cm³/mol. The van der Waals surface area contributed by atoms with Gasteiger partial charge in [0.05, 0.1) is 0 Å². The second-order valence-electron chi connectivity index (χ2n) is 6.43. The summed E-state index contributed by atoms with van der Waals surface area (Å²) in [7, 11) is 1.50. The van der Waals surface area contributed by atoms with Crippen LogP contribution in [-0.4, -0.2) is 42.0 Å². The highest BCUT2D eigenvalue weighted by molar-refractivity contribution is 5.91. The molecule has 138 valence electrons. The van der Waals surface area contributed by atoms with E-state index in [0.29, 0.717) is 6.42 Å². The number of phenols is 1. The quantitative estimate of drug-likeness (QED) is 0.554. The number of carbonyl (C=O) groups is 3. The van der Waals surface area contributed by atoms with Crippen molar-refractivity contribution in [1.82, 2.24) is 16.0 Å². The number of benzene rings is 1. The molecular formula is C18H27N3O4. The summed E-state index contributed by atoms with van der Waals surface area (Å²) in [6.45, 7) is 5.26. The molecule has 0 spiro atoms. The molecule has 25 heavy (non-hydrogen) atoms. The molecule has 0 radical (unpaired) electrons. The number of aromatic hydroxyl groups is 1. The normalized spacial score (nSPS) is 13.0. The number of carbonyl (C=O) groups excluding carboxylic acids is 3. The molecule has 1 rings (SSSR count). The van der Waals surface area contributed by atoms with Crippen LogP contribution in [0.1, 0.15) is 32.8 Å². The van der Waals surface area contributed by atoms with E-state index in [4.69, 9.17) is 0 Å². The number of amides is 3. The van der Waals surface area contributed by atoms with Gasteiger partial charge in [-0.05, 0) is 30.0 Å². The van der Waals surface area contributed by atoms with Gasteiger partial charge in [-0.15, -0.1) is 0 Å². The van der Waals surface area contributed by atoms with Crippen molar-refractivity contribution in [2.24, 2.45) is 5.92 Å². The average molecular weight is 349 g/mol. The second kappa shape index (κ2) is 9.66. The Hall–Kier alpha value is -2.57. The van der Waals surface area contributed by atoms with Gasteiger partial charge >= 0.3 is 0 Å². The molecule has 0 fully saturated rings. The van der Waals surface area contributed by atoms with Gasteiger partial charge in [0.1, 0.15) is 17.8 Å². The number of likely N-dealkylation sites (N-methyl/N-ethyl adjacent to an activating group) is 1. The highest BCUT2D eigenvalue weighted by Gasteiger charge is 2.26. The minimum absolute atomic E-state index is 0.131. The predicted octanol–water partition coefficient (Wildman–Crippen LogP) is 0.716. The van der Waals surface area contributed by atoms with E-state index in [1.807, 2.05) is 13.8 Å². The van der Waals surface area contributed by atoms with Crippen LogP contribution in [0.5, 0.6) is 5.75 Å². The number of rotatable bonds is 8. The second-order valence-corrected chi connectivity index (χ2v) is 6.43. The van der Waals surface area contributed by atoms with Crippen molar-refractivity contribution in [2.45, 2.75) is 45.7 Å². The Morgan fingerprint density at radius 2 is 1.60 bits per heavy atom. The first-order valence-corrected chi connectivity index (χ1v) is 8.30. The maximum Gasteiger partial charge on any atom is 0.243 e. The monoisotopic (exact) mass is 349 g/mol. The molecular weight excluding hydrogens is 322 g/mol. The molecule has 1 aromatic rings. The third kappa shape index (κ3) is 7.24. The van der Waals surface area contributed by atoms with Gasteiger partial charge in [-0.2, -0.15) is 0 Å².